The van der Waals surface area contributed by atoms with E-state index in [2.05, 4.69) is 15.4 Å². The molecule has 35 heavy (non-hydrogen) atoms. The molecule has 3 aromatic carbocycles. The lowest BCUT2D eigenvalue weighted by Gasteiger charge is -2.39. The molecule has 1 N–H and O–H groups in total. The van der Waals surface area contributed by atoms with Crippen LogP contribution in [0.1, 0.15) is 39.0 Å². The van der Waals surface area contributed by atoms with Crippen LogP contribution in [0, 0.1) is 0 Å². The van der Waals surface area contributed by atoms with Gasteiger partial charge in [-0.25, -0.2) is 9.67 Å². The predicted molar refractivity (Wildman–Crippen MR) is 131 cm³/mol. The summed E-state index contributed by atoms with van der Waals surface area (Å²) in [6.45, 7) is 0.594. The van der Waals surface area contributed by atoms with Gasteiger partial charge in [-0.05, 0) is 47.0 Å². The topological polar surface area (TPSA) is 89.3 Å². The molecule has 4 aromatic rings. The highest BCUT2D eigenvalue weighted by Crippen LogP contribution is 2.42. The highest BCUT2D eigenvalue weighted by molar-refractivity contribution is 6.04. The van der Waals surface area contributed by atoms with Crippen molar-refractivity contribution in [3.8, 4) is 5.75 Å². The van der Waals surface area contributed by atoms with Crippen LogP contribution in [-0.4, -0.2) is 45.6 Å². The number of likely N-dealkylation sites (N-methyl/N-ethyl adjacent to an activating group) is 1. The van der Waals surface area contributed by atoms with Gasteiger partial charge in [-0.3, -0.25) is 9.59 Å². The zero-order valence-corrected chi connectivity index (χ0v) is 19.5. The van der Waals surface area contributed by atoms with Crippen LogP contribution in [0.2, 0.25) is 0 Å². The van der Waals surface area contributed by atoms with Gasteiger partial charge in [-0.1, -0.05) is 42.5 Å². The lowest BCUT2D eigenvalue weighted by Crippen LogP contribution is -2.44. The molecule has 1 aromatic heterocycles. The van der Waals surface area contributed by atoms with Crippen LogP contribution in [-0.2, 0) is 11.3 Å². The van der Waals surface area contributed by atoms with Crippen molar-refractivity contribution in [2.75, 3.05) is 19.5 Å². The minimum Gasteiger partial charge on any atom is -0.497 e. The van der Waals surface area contributed by atoms with E-state index >= 15 is 0 Å². The standard InChI is InChI=1S/C27H25N5O3/c1-31-25(19-9-13-21(35-2)14-10-19)24(22-5-3-4-6-23(22)27(31)34)26(33)30-20-11-7-18(8-12-20)15-32-17-28-16-29-32/h3-14,16-17,24-25H,15H2,1-2H3,(H,30,33). The van der Waals surface area contributed by atoms with Gasteiger partial charge in [-0.15, -0.1) is 0 Å². The maximum absolute atomic E-state index is 13.7. The van der Waals surface area contributed by atoms with Gasteiger partial charge in [0.1, 0.15) is 18.4 Å². The van der Waals surface area contributed by atoms with E-state index in [1.165, 1.54) is 6.33 Å². The van der Waals surface area contributed by atoms with E-state index in [9.17, 15) is 9.59 Å². The number of rotatable bonds is 6. The van der Waals surface area contributed by atoms with E-state index < -0.39 is 12.0 Å². The number of hydrogen-bond donors (Lipinski definition) is 1. The molecule has 0 radical (unpaired) electrons. The summed E-state index contributed by atoms with van der Waals surface area (Å²) in [4.78, 5) is 32.5. The number of hydrogen-bond acceptors (Lipinski definition) is 5. The number of nitrogens with zero attached hydrogens (tertiary/aromatic N) is 4. The molecular formula is C27H25N5O3. The Labute approximate surface area is 203 Å². The number of amides is 2. The first kappa shape index (κ1) is 22.3. The summed E-state index contributed by atoms with van der Waals surface area (Å²) in [6.07, 6.45) is 3.16. The van der Waals surface area contributed by atoms with E-state index in [4.69, 9.17) is 4.74 Å². The average Bonchev–Trinajstić information content (AvgIpc) is 3.40. The summed E-state index contributed by atoms with van der Waals surface area (Å²) in [7, 11) is 3.35. The molecule has 2 heterocycles. The summed E-state index contributed by atoms with van der Waals surface area (Å²) < 4.78 is 7.02. The number of benzene rings is 3. The molecule has 0 fully saturated rings. The normalized spacial score (nSPS) is 17.1. The molecule has 0 saturated carbocycles. The summed E-state index contributed by atoms with van der Waals surface area (Å²) in [6, 6.07) is 22.0. The van der Waals surface area contributed by atoms with Gasteiger partial charge in [0.15, 0.2) is 0 Å². The third-order valence-corrected chi connectivity index (χ3v) is 6.35. The number of fused-ring (bicyclic) bond motifs is 1. The molecule has 0 aliphatic carbocycles. The van der Waals surface area contributed by atoms with Crippen molar-refractivity contribution in [2.45, 2.75) is 18.5 Å². The second-order valence-electron chi connectivity index (χ2n) is 8.48. The third kappa shape index (κ3) is 4.38. The Balaban J connectivity index is 1.46. The molecule has 176 valence electrons. The fourth-order valence-corrected chi connectivity index (χ4v) is 4.59. The van der Waals surface area contributed by atoms with Crippen LogP contribution in [0.4, 0.5) is 5.69 Å². The number of nitrogens with one attached hydrogen (secondary N) is 1. The van der Waals surface area contributed by atoms with Gasteiger partial charge in [-0.2, -0.15) is 5.10 Å². The van der Waals surface area contributed by atoms with Crippen LogP contribution in [0.3, 0.4) is 0 Å². The van der Waals surface area contributed by atoms with Crippen molar-refractivity contribution >= 4 is 17.5 Å². The molecule has 1 aliphatic heterocycles. The van der Waals surface area contributed by atoms with Crippen LogP contribution in [0.5, 0.6) is 5.75 Å². The van der Waals surface area contributed by atoms with Gasteiger partial charge >= 0.3 is 0 Å². The second kappa shape index (κ2) is 9.42. The summed E-state index contributed by atoms with van der Waals surface area (Å²) in [5.74, 6) is -0.160. The minimum atomic E-state index is -0.586. The number of carbonyl (C=O) groups is 2. The van der Waals surface area contributed by atoms with Gasteiger partial charge in [0, 0.05) is 18.3 Å². The Hall–Kier alpha value is -4.46. The largest absolute Gasteiger partial charge is 0.497 e. The molecule has 2 atom stereocenters. The van der Waals surface area contributed by atoms with Crippen LogP contribution >= 0.6 is 0 Å². The van der Waals surface area contributed by atoms with Crippen molar-refractivity contribution in [3.63, 3.8) is 0 Å². The van der Waals surface area contributed by atoms with Crippen LogP contribution in [0.15, 0.2) is 85.5 Å². The monoisotopic (exact) mass is 467 g/mol. The highest BCUT2D eigenvalue weighted by Gasteiger charge is 2.42. The van der Waals surface area contributed by atoms with Crippen molar-refractivity contribution in [2.24, 2.45) is 0 Å². The van der Waals surface area contributed by atoms with Crippen molar-refractivity contribution in [1.29, 1.82) is 0 Å². The SMILES string of the molecule is COc1ccc(C2C(C(=O)Nc3ccc(Cn4cncn4)cc3)c3ccccc3C(=O)N2C)cc1. The Morgan fingerprint density at radius 3 is 2.46 bits per heavy atom. The molecule has 2 unspecified atom stereocenters. The average molecular weight is 468 g/mol. The second-order valence-corrected chi connectivity index (χ2v) is 8.48. The van der Waals surface area contributed by atoms with Crippen molar-refractivity contribution in [3.05, 3.63) is 108 Å². The Morgan fingerprint density at radius 1 is 1.03 bits per heavy atom. The zero-order chi connectivity index (χ0) is 24.4. The van der Waals surface area contributed by atoms with Crippen molar-refractivity contribution in [1.82, 2.24) is 19.7 Å². The Bertz CT molecular complexity index is 1330. The van der Waals surface area contributed by atoms with E-state index in [0.29, 0.717) is 23.5 Å². The summed E-state index contributed by atoms with van der Waals surface area (Å²) in [5.41, 5.74) is 3.85. The van der Waals surface area contributed by atoms with E-state index in [0.717, 1.165) is 16.7 Å². The lowest BCUT2D eigenvalue weighted by molar-refractivity contribution is -0.119. The number of carbonyl (C=O) groups excluding carboxylic acids is 2. The lowest BCUT2D eigenvalue weighted by atomic mass is 9.79. The van der Waals surface area contributed by atoms with Gasteiger partial charge < -0.3 is 15.0 Å². The summed E-state index contributed by atoms with van der Waals surface area (Å²) >= 11 is 0. The van der Waals surface area contributed by atoms with Gasteiger partial charge in [0.05, 0.1) is 25.6 Å². The van der Waals surface area contributed by atoms with E-state index in [1.54, 1.807) is 36.1 Å². The number of methoxy groups -OCH3 is 1. The maximum Gasteiger partial charge on any atom is 0.254 e. The van der Waals surface area contributed by atoms with Crippen LogP contribution in [0.25, 0.3) is 0 Å². The number of anilines is 1. The first-order valence-corrected chi connectivity index (χ1v) is 11.3. The number of ether oxygens (including phenoxy) is 1. The Morgan fingerprint density at radius 2 is 1.77 bits per heavy atom. The number of aromatic nitrogens is 3. The molecule has 0 saturated heterocycles. The predicted octanol–water partition coefficient (Wildman–Crippen LogP) is 3.88. The van der Waals surface area contributed by atoms with Crippen molar-refractivity contribution < 1.29 is 14.3 Å². The molecule has 8 nitrogen and oxygen atoms in total. The first-order chi connectivity index (χ1) is 17.0. The molecular weight excluding hydrogens is 442 g/mol. The fourth-order valence-electron chi connectivity index (χ4n) is 4.59. The van der Waals surface area contributed by atoms with Crippen LogP contribution < -0.4 is 10.1 Å². The molecule has 0 bridgehead atoms. The quantitative estimate of drug-likeness (QED) is 0.465. The third-order valence-electron chi connectivity index (χ3n) is 6.35. The minimum absolute atomic E-state index is 0.108. The molecule has 1 aliphatic rings. The molecule has 5 rings (SSSR count). The molecule has 2 amide bonds. The molecule has 8 heteroatoms. The summed E-state index contributed by atoms with van der Waals surface area (Å²) in [5, 5.41) is 7.18. The zero-order valence-electron chi connectivity index (χ0n) is 19.5. The van der Waals surface area contributed by atoms with E-state index in [1.807, 2.05) is 66.7 Å². The van der Waals surface area contributed by atoms with Gasteiger partial charge in [0.25, 0.3) is 5.91 Å². The molecule has 0 spiro atoms. The first-order valence-electron chi connectivity index (χ1n) is 11.3. The van der Waals surface area contributed by atoms with Gasteiger partial charge in [0.2, 0.25) is 5.91 Å². The fraction of sp³-hybridized carbons (Fsp3) is 0.185. The smallest absolute Gasteiger partial charge is 0.254 e. The Kier molecular flexibility index (Phi) is 6.01. The maximum atomic E-state index is 13.7. The highest BCUT2D eigenvalue weighted by atomic mass is 16.5. The van der Waals surface area contributed by atoms with E-state index in [-0.39, 0.29) is 11.8 Å².